The molecule has 3 aromatic carbocycles. The number of fused-ring (bicyclic) bond motifs is 1. The SMILES string of the molecule is COC(=O)C[N+]1=C(C=C(c2ccccc2)c2ccccc2)c2cc(OC)c(OC)cc2CC1.[Br-]. The topological polar surface area (TPSA) is 47.8 Å². The van der Waals surface area contributed by atoms with Gasteiger partial charge in [0, 0.05) is 12.5 Å². The Morgan fingerprint density at radius 3 is 1.97 bits per heavy atom. The zero-order chi connectivity index (χ0) is 23.2. The number of allylic oxidation sites excluding steroid dienone is 1. The number of hydrogen-bond donors (Lipinski definition) is 0. The Morgan fingerprint density at radius 2 is 1.44 bits per heavy atom. The third-order valence-electron chi connectivity index (χ3n) is 5.88. The maximum Gasteiger partial charge on any atom is 0.371 e. The molecule has 4 rings (SSSR count). The Hall–Kier alpha value is -3.38. The largest absolute Gasteiger partial charge is 1.00 e. The quantitative estimate of drug-likeness (QED) is 0.348. The van der Waals surface area contributed by atoms with E-state index < -0.39 is 0 Å². The Kier molecular flexibility index (Phi) is 8.66. The Labute approximate surface area is 211 Å². The van der Waals surface area contributed by atoms with Crippen molar-refractivity contribution in [2.75, 3.05) is 34.4 Å². The van der Waals surface area contributed by atoms with Gasteiger partial charge in [-0.2, -0.15) is 0 Å². The summed E-state index contributed by atoms with van der Waals surface area (Å²) in [6.07, 6.45) is 2.95. The number of carbonyl (C=O) groups excluding carboxylic acids is 1. The van der Waals surface area contributed by atoms with Crippen LogP contribution in [0.2, 0.25) is 0 Å². The molecule has 0 unspecified atom stereocenters. The second kappa shape index (κ2) is 11.7. The number of nitrogens with zero attached hydrogens (tertiary/aromatic N) is 1. The van der Waals surface area contributed by atoms with E-state index in [9.17, 15) is 4.79 Å². The zero-order valence-electron chi connectivity index (χ0n) is 19.6. The number of hydrogen-bond acceptors (Lipinski definition) is 4. The monoisotopic (exact) mass is 521 g/mol. The van der Waals surface area contributed by atoms with E-state index in [0.717, 1.165) is 40.0 Å². The van der Waals surface area contributed by atoms with Gasteiger partial charge in [0.25, 0.3) is 0 Å². The first kappa shape index (κ1) is 25.2. The van der Waals surface area contributed by atoms with E-state index in [1.165, 1.54) is 7.11 Å². The number of benzene rings is 3. The average molecular weight is 522 g/mol. The maximum atomic E-state index is 12.2. The number of ether oxygens (including phenoxy) is 3. The molecule has 1 aliphatic heterocycles. The molecule has 6 heteroatoms. The van der Waals surface area contributed by atoms with Gasteiger partial charge in [-0.25, -0.2) is 9.37 Å². The lowest BCUT2D eigenvalue weighted by atomic mass is 9.91. The molecule has 0 saturated heterocycles. The summed E-state index contributed by atoms with van der Waals surface area (Å²) in [5.74, 6) is 1.08. The Bertz CT molecular complexity index is 1160. The second-order valence-electron chi connectivity index (χ2n) is 7.79. The van der Waals surface area contributed by atoms with Gasteiger partial charge in [-0.15, -0.1) is 0 Å². The Balaban J connectivity index is 0.00000324. The van der Waals surface area contributed by atoms with Crippen LogP contribution >= 0.6 is 0 Å². The van der Waals surface area contributed by atoms with E-state index in [0.29, 0.717) is 18.0 Å². The van der Waals surface area contributed by atoms with Gasteiger partial charge in [0.2, 0.25) is 12.3 Å². The van der Waals surface area contributed by atoms with Crippen LogP contribution in [0.15, 0.2) is 78.9 Å². The van der Waals surface area contributed by atoms with Gasteiger partial charge in [-0.05, 0) is 34.4 Å². The molecule has 5 nitrogen and oxygen atoms in total. The normalized spacial score (nSPS) is 12.2. The third kappa shape index (κ3) is 5.39. The van der Waals surface area contributed by atoms with E-state index in [4.69, 9.17) is 14.2 Å². The van der Waals surface area contributed by atoms with Crippen molar-refractivity contribution in [3.8, 4) is 11.5 Å². The van der Waals surface area contributed by atoms with E-state index in [1.54, 1.807) is 14.2 Å². The first-order valence-corrected chi connectivity index (χ1v) is 10.9. The fraction of sp³-hybridized carbons (Fsp3) is 0.214. The number of esters is 1. The van der Waals surface area contributed by atoms with Crippen LogP contribution in [0.25, 0.3) is 5.57 Å². The van der Waals surface area contributed by atoms with Crippen molar-refractivity contribution in [3.05, 3.63) is 101 Å². The molecule has 1 aliphatic rings. The van der Waals surface area contributed by atoms with Crippen LogP contribution in [0.1, 0.15) is 22.3 Å². The summed E-state index contributed by atoms with van der Waals surface area (Å²) >= 11 is 0. The summed E-state index contributed by atoms with van der Waals surface area (Å²) in [6.45, 7) is 0.868. The Morgan fingerprint density at radius 1 is 0.882 bits per heavy atom. The molecule has 0 amide bonds. The molecule has 0 N–H and O–H groups in total. The highest BCUT2D eigenvalue weighted by molar-refractivity contribution is 6.12. The minimum absolute atomic E-state index is 0. The molecule has 0 saturated carbocycles. The van der Waals surface area contributed by atoms with Gasteiger partial charge in [-0.3, -0.25) is 0 Å². The van der Waals surface area contributed by atoms with Crippen molar-refractivity contribution in [2.45, 2.75) is 6.42 Å². The molecule has 0 bridgehead atoms. The first-order chi connectivity index (χ1) is 16.1. The fourth-order valence-electron chi connectivity index (χ4n) is 4.17. The van der Waals surface area contributed by atoms with Gasteiger partial charge in [-0.1, -0.05) is 60.7 Å². The van der Waals surface area contributed by atoms with Crippen molar-refractivity contribution in [3.63, 3.8) is 0 Å². The molecule has 0 aliphatic carbocycles. The van der Waals surface area contributed by atoms with Crippen LogP contribution in [0, 0.1) is 0 Å². The van der Waals surface area contributed by atoms with Crippen LogP contribution < -0.4 is 26.5 Å². The van der Waals surface area contributed by atoms with Crippen molar-refractivity contribution >= 4 is 17.3 Å². The molecular weight excluding hydrogens is 494 g/mol. The third-order valence-corrected chi connectivity index (χ3v) is 5.88. The molecule has 1 heterocycles. The number of rotatable bonds is 7. The highest BCUT2D eigenvalue weighted by atomic mass is 79.9. The highest BCUT2D eigenvalue weighted by Gasteiger charge is 2.29. The average Bonchev–Trinajstić information content (AvgIpc) is 2.88. The summed E-state index contributed by atoms with van der Waals surface area (Å²) < 4.78 is 18.2. The molecule has 0 radical (unpaired) electrons. The van der Waals surface area contributed by atoms with Crippen molar-refractivity contribution < 1.29 is 40.6 Å². The molecule has 0 atom stereocenters. The molecule has 34 heavy (non-hydrogen) atoms. The minimum Gasteiger partial charge on any atom is -1.00 e. The van der Waals surface area contributed by atoms with Crippen LogP contribution in [0.5, 0.6) is 11.5 Å². The maximum absolute atomic E-state index is 12.2. The molecule has 0 spiro atoms. The summed E-state index contributed by atoms with van der Waals surface area (Å²) in [5.41, 5.74) is 6.39. The standard InChI is InChI=1S/C28H28NO4.BrH/c1-31-26-16-22-14-15-29(19-28(30)33-3)25(24(22)18-27(26)32-2)17-23(20-10-6-4-7-11-20)21-12-8-5-9-13-21;/h4-13,16-18H,14-15,19H2,1-3H3;1H/q+1;/p-1. The molecular formula is C28H28BrNO4. The molecule has 3 aromatic rings. The van der Waals surface area contributed by atoms with Crippen LogP contribution in [0.3, 0.4) is 0 Å². The number of halogens is 1. The van der Waals surface area contributed by atoms with Gasteiger partial charge in [0.05, 0.1) is 26.9 Å². The number of carbonyl (C=O) groups is 1. The summed E-state index contributed by atoms with van der Waals surface area (Å²) in [4.78, 5) is 12.2. The lowest BCUT2D eigenvalue weighted by molar-refractivity contribution is -0.518. The minimum atomic E-state index is -0.272. The van der Waals surface area contributed by atoms with Crippen LogP contribution in [0.4, 0.5) is 0 Å². The zero-order valence-corrected chi connectivity index (χ0v) is 21.2. The predicted octanol–water partition coefficient (Wildman–Crippen LogP) is 1.37. The van der Waals surface area contributed by atoms with Crippen LogP contribution in [-0.2, 0) is 16.0 Å². The van der Waals surface area contributed by atoms with E-state index >= 15 is 0 Å². The lowest BCUT2D eigenvalue weighted by Gasteiger charge is -2.20. The van der Waals surface area contributed by atoms with Crippen molar-refractivity contribution in [1.82, 2.24) is 0 Å². The van der Waals surface area contributed by atoms with E-state index in [1.807, 2.05) is 48.5 Å². The highest BCUT2D eigenvalue weighted by Crippen LogP contribution is 2.34. The van der Waals surface area contributed by atoms with Crippen molar-refractivity contribution in [1.29, 1.82) is 0 Å². The smallest absolute Gasteiger partial charge is 0.371 e. The van der Waals surface area contributed by atoms with Gasteiger partial charge < -0.3 is 31.2 Å². The predicted molar refractivity (Wildman–Crippen MR) is 129 cm³/mol. The number of methoxy groups -OCH3 is 3. The summed E-state index contributed by atoms with van der Waals surface area (Å²) in [7, 11) is 4.70. The van der Waals surface area contributed by atoms with Gasteiger partial charge in [0.15, 0.2) is 11.5 Å². The summed E-state index contributed by atoms with van der Waals surface area (Å²) in [5, 5.41) is 0. The van der Waals surface area contributed by atoms with Gasteiger partial charge in [0.1, 0.15) is 6.54 Å². The van der Waals surface area contributed by atoms with E-state index in [2.05, 4.69) is 34.9 Å². The molecule has 176 valence electrons. The lowest BCUT2D eigenvalue weighted by Crippen LogP contribution is -3.00. The second-order valence-corrected chi connectivity index (χ2v) is 7.79. The van der Waals surface area contributed by atoms with Crippen molar-refractivity contribution in [2.24, 2.45) is 0 Å². The molecule has 0 aromatic heterocycles. The fourth-order valence-corrected chi connectivity index (χ4v) is 4.17. The van der Waals surface area contributed by atoms with E-state index in [-0.39, 0.29) is 29.5 Å². The summed E-state index contributed by atoms with van der Waals surface area (Å²) in [6, 6.07) is 24.6. The van der Waals surface area contributed by atoms with Gasteiger partial charge >= 0.3 is 5.97 Å². The first-order valence-electron chi connectivity index (χ1n) is 10.9. The van der Waals surface area contributed by atoms with Crippen LogP contribution in [-0.4, -0.2) is 50.7 Å². The molecule has 0 fully saturated rings.